The van der Waals surface area contributed by atoms with E-state index in [0.717, 1.165) is 12.1 Å². The molecule has 0 aromatic heterocycles. The molecule has 2 rings (SSSR count). The Morgan fingerprint density at radius 3 is 2.26 bits per heavy atom. The Hall–Kier alpha value is -2.13. The van der Waals surface area contributed by atoms with E-state index in [9.17, 15) is 4.79 Å². The Bertz CT molecular complexity index is 578. The zero-order valence-corrected chi connectivity index (χ0v) is 11.0. The molecule has 3 N–H and O–H groups in total. The van der Waals surface area contributed by atoms with E-state index in [-0.39, 0.29) is 5.91 Å². The number of benzene rings is 2. The van der Waals surface area contributed by atoms with Gasteiger partial charge in [0.15, 0.2) is 0 Å². The maximum atomic E-state index is 11.3. The van der Waals surface area contributed by atoms with Crippen LogP contribution in [0, 0.1) is 6.92 Å². The summed E-state index contributed by atoms with van der Waals surface area (Å²) in [6, 6.07) is 15.7. The Balaban J connectivity index is 2.00. The summed E-state index contributed by atoms with van der Waals surface area (Å²) in [5.74, 6) is -0.381. The van der Waals surface area contributed by atoms with Gasteiger partial charge in [0, 0.05) is 18.7 Å². The summed E-state index contributed by atoms with van der Waals surface area (Å²) in [6.45, 7) is 3.50. The van der Waals surface area contributed by atoms with Crippen LogP contribution in [-0.2, 0) is 13.1 Å². The lowest BCUT2D eigenvalue weighted by Gasteiger charge is -2.10. The minimum absolute atomic E-state index is 0.381. The van der Waals surface area contributed by atoms with Crippen molar-refractivity contribution < 1.29 is 4.79 Å². The fourth-order valence-electron chi connectivity index (χ4n) is 2.06. The van der Waals surface area contributed by atoms with Gasteiger partial charge in [-0.25, -0.2) is 0 Å². The topological polar surface area (TPSA) is 55.1 Å². The lowest BCUT2D eigenvalue weighted by atomic mass is 10.1. The van der Waals surface area contributed by atoms with Crippen LogP contribution in [0.5, 0.6) is 0 Å². The molecule has 0 fully saturated rings. The van der Waals surface area contributed by atoms with Gasteiger partial charge in [-0.2, -0.15) is 0 Å². The van der Waals surface area contributed by atoms with Crippen molar-refractivity contribution in [1.82, 2.24) is 5.32 Å². The van der Waals surface area contributed by atoms with Gasteiger partial charge in [-0.15, -0.1) is 0 Å². The number of nitrogens with two attached hydrogens (primary N) is 1. The molecule has 2 aromatic rings. The monoisotopic (exact) mass is 254 g/mol. The fraction of sp³-hybridized carbons (Fsp3) is 0.188. The highest BCUT2D eigenvalue weighted by Crippen LogP contribution is 2.09. The van der Waals surface area contributed by atoms with Crippen molar-refractivity contribution in [3.05, 3.63) is 70.8 Å². The second-order valence-electron chi connectivity index (χ2n) is 4.55. The van der Waals surface area contributed by atoms with Crippen LogP contribution in [0.15, 0.2) is 48.5 Å². The van der Waals surface area contributed by atoms with Crippen molar-refractivity contribution in [2.45, 2.75) is 20.0 Å². The molecule has 3 nitrogen and oxygen atoms in total. The average molecular weight is 254 g/mol. The van der Waals surface area contributed by atoms with Crippen LogP contribution in [0.2, 0.25) is 0 Å². The quantitative estimate of drug-likeness (QED) is 0.860. The van der Waals surface area contributed by atoms with Crippen LogP contribution in [0.4, 0.5) is 0 Å². The van der Waals surface area contributed by atoms with E-state index in [2.05, 4.69) is 24.4 Å². The maximum Gasteiger partial charge on any atom is 0.249 e. The van der Waals surface area contributed by atoms with Gasteiger partial charge in [0.1, 0.15) is 0 Å². The molecule has 3 heteroatoms. The van der Waals surface area contributed by atoms with Crippen molar-refractivity contribution in [2.75, 3.05) is 0 Å². The number of hydrogen-bond acceptors (Lipinski definition) is 2. The smallest absolute Gasteiger partial charge is 0.249 e. The van der Waals surface area contributed by atoms with E-state index in [1.807, 2.05) is 30.3 Å². The number of hydrogen-bond donors (Lipinski definition) is 2. The number of carbonyl (C=O) groups is 1. The van der Waals surface area contributed by atoms with Crippen molar-refractivity contribution in [3.63, 3.8) is 0 Å². The molecular weight excluding hydrogens is 236 g/mol. The van der Waals surface area contributed by atoms with E-state index in [1.165, 1.54) is 11.1 Å². The summed E-state index contributed by atoms with van der Waals surface area (Å²) < 4.78 is 0. The predicted molar refractivity (Wildman–Crippen MR) is 76.7 cm³/mol. The van der Waals surface area contributed by atoms with Gasteiger partial charge in [-0.3, -0.25) is 4.79 Å². The van der Waals surface area contributed by atoms with Gasteiger partial charge in [-0.05, 0) is 29.7 Å². The second-order valence-corrected chi connectivity index (χ2v) is 4.55. The molecule has 0 radical (unpaired) electrons. The molecule has 0 spiro atoms. The number of primary amides is 1. The van der Waals surface area contributed by atoms with Gasteiger partial charge >= 0.3 is 0 Å². The number of rotatable bonds is 5. The van der Waals surface area contributed by atoms with E-state index in [0.29, 0.717) is 12.1 Å². The minimum atomic E-state index is -0.381. The first-order valence-corrected chi connectivity index (χ1v) is 6.31. The molecule has 0 aliphatic carbocycles. The van der Waals surface area contributed by atoms with Gasteiger partial charge in [0.25, 0.3) is 0 Å². The Morgan fingerprint density at radius 1 is 1.00 bits per heavy atom. The van der Waals surface area contributed by atoms with Crippen molar-refractivity contribution in [2.24, 2.45) is 5.73 Å². The highest BCUT2D eigenvalue weighted by atomic mass is 16.1. The molecule has 19 heavy (non-hydrogen) atoms. The fourth-order valence-corrected chi connectivity index (χ4v) is 2.06. The van der Waals surface area contributed by atoms with E-state index < -0.39 is 0 Å². The largest absolute Gasteiger partial charge is 0.366 e. The zero-order chi connectivity index (χ0) is 13.7. The zero-order valence-electron chi connectivity index (χ0n) is 11.0. The molecule has 0 atom stereocenters. The first-order chi connectivity index (χ1) is 9.18. The summed E-state index contributed by atoms with van der Waals surface area (Å²) >= 11 is 0. The molecule has 0 unspecified atom stereocenters. The van der Waals surface area contributed by atoms with Crippen LogP contribution in [0.1, 0.15) is 27.0 Å². The molecule has 98 valence electrons. The molecule has 1 amide bonds. The molecule has 0 saturated carbocycles. The third kappa shape index (κ3) is 3.42. The molecule has 2 aromatic carbocycles. The lowest BCUT2D eigenvalue weighted by molar-refractivity contribution is 0.0999. The second kappa shape index (κ2) is 6.16. The van der Waals surface area contributed by atoms with Crippen LogP contribution in [-0.4, -0.2) is 5.91 Å². The first kappa shape index (κ1) is 13.3. The van der Waals surface area contributed by atoms with E-state index >= 15 is 0 Å². The van der Waals surface area contributed by atoms with Gasteiger partial charge < -0.3 is 11.1 Å². The van der Waals surface area contributed by atoms with Gasteiger partial charge in [0.2, 0.25) is 5.91 Å². The summed E-state index contributed by atoms with van der Waals surface area (Å²) in [5, 5.41) is 3.35. The van der Waals surface area contributed by atoms with Gasteiger partial charge in [0.05, 0.1) is 0 Å². The summed E-state index contributed by atoms with van der Waals surface area (Å²) in [6.07, 6.45) is 0. The van der Waals surface area contributed by atoms with Crippen molar-refractivity contribution in [3.8, 4) is 0 Å². The summed E-state index contributed by atoms with van der Waals surface area (Å²) in [5.41, 5.74) is 9.40. The molecule has 0 aliphatic heterocycles. The lowest BCUT2D eigenvalue weighted by Crippen LogP contribution is -2.19. The highest BCUT2D eigenvalue weighted by Gasteiger charge is 2.06. The standard InChI is InChI=1S/C16H18N2O/c1-12-6-2-3-7-13(12)10-18-11-14-8-4-5-9-15(14)16(17)19/h2-9,18H,10-11H2,1H3,(H2,17,19). The minimum Gasteiger partial charge on any atom is -0.366 e. The number of nitrogens with one attached hydrogen (secondary N) is 1. The number of amides is 1. The van der Waals surface area contributed by atoms with Crippen molar-refractivity contribution >= 4 is 5.91 Å². The Labute approximate surface area is 113 Å². The van der Waals surface area contributed by atoms with Crippen LogP contribution in [0.3, 0.4) is 0 Å². The molecule has 0 heterocycles. The third-order valence-electron chi connectivity index (χ3n) is 3.17. The molecule has 0 bridgehead atoms. The summed E-state index contributed by atoms with van der Waals surface area (Å²) in [4.78, 5) is 11.3. The van der Waals surface area contributed by atoms with Crippen molar-refractivity contribution in [1.29, 1.82) is 0 Å². The van der Waals surface area contributed by atoms with E-state index in [1.54, 1.807) is 6.07 Å². The SMILES string of the molecule is Cc1ccccc1CNCc1ccccc1C(N)=O. The average Bonchev–Trinajstić information content (AvgIpc) is 2.41. The van der Waals surface area contributed by atoms with Crippen LogP contribution < -0.4 is 11.1 Å². The normalized spacial score (nSPS) is 10.4. The van der Waals surface area contributed by atoms with Crippen LogP contribution in [0.25, 0.3) is 0 Å². The molecule has 0 aliphatic rings. The number of aryl methyl sites for hydroxylation is 1. The van der Waals surface area contributed by atoms with Crippen LogP contribution >= 0.6 is 0 Å². The summed E-state index contributed by atoms with van der Waals surface area (Å²) in [7, 11) is 0. The predicted octanol–water partition coefficient (Wildman–Crippen LogP) is 2.38. The maximum absolute atomic E-state index is 11.3. The first-order valence-electron chi connectivity index (χ1n) is 6.31. The Kier molecular flexibility index (Phi) is 4.31. The highest BCUT2D eigenvalue weighted by molar-refractivity contribution is 5.94. The Morgan fingerprint density at radius 2 is 1.58 bits per heavy atom. The molecular formula is C16H18N2O. The van der Waals surface area contributed by atoms with E-state index in [4.69, 9.17) is 5.73 Å². The molecule has 0 saturated heterocycles. The third-order valence-corrected chi connectivity index (χ3v) is 3.17. The number of carbonyl (C=O) groups excluding carboxylic acids is 1. The van der Waals surface area contributed by atoms with Gasteiger partial charge in [-0.1, -0.05) is 42.5 Å².